The first-order valence-corrected chi connectivity index (χ1v) is 7.23. The maximum absolute atomic E-state index is 12.2. The Balaban J connectivity index is 1.99. The minimum absolute atomic E-state index is 0.182. The monoisotopic (exact) mass is 281 g/mol. The lowest BCUT2D eigenvalue weighted by atomic mass is 9.94. The van der Waals surface area contributed by atoms with Crippen LogP contribution in [0.15, 0.2) is 6.07 Å². The Labute approximate surface area is 119 Å². The Bertz CT molecular complexity index is 464. The standard InChI is InChI=1S/C14H23N3O3/c1-3-11-9-12(17(4-2)16-11)13(18)15-10-14(19)5-7-20-8-6-14/h9,19H,3-8,10H2,1-2H3,(H,15,18). The van der Waals surface area contributed by atoms with Crippen molar-refractivity contribution in [1.82, 2.24) is 15.1 Å². The van der Waals surface area contributed by atoms with E-state index in [0.717, 1.165) is 12.1 Å². The number of aliphatic hydroxyl groups is 1. The number of aromatic nitrogens is 2. The van der Waals surface area contributed by atoms with E-state index in [-0.39, 0.29) is 12.5 Å². The highest BCUT2D eigenvalue weighted by Gasteiger charge is 2.30. The number of ether oxygens (including phenoxy) is 1. The molecule has 1 aliphatic rings. The quantitative estimate of drug-likeness (QED) is 0.834. The Morgan fingerprint density at radius 3 is 2.80 bits per heavy atom. The first kappa shape index (κ1) is 15.0. The lowest BCUT2D eigenvalue weighted by Gasteiger charge is -2.32. The van der Waals surface area contributed by atoms with Crippen molar-refractivity contribution in [2.45, 2.75) is 45.3 Å². The molecule has 0 atom stereocenters. The minimum atomic E-state index is -0.849. The van der Waals surface area contributed by atoms with Crippen molar-refractivity contribution in [3.05, 3.63) is 17.5 Å². The lowest BCUT2D eigenvalue weighted by molar-refractivity contribution is -0.0605. The molecule has 20 heavy (non-hydrogen) atoms. The fourth-order valence-corrected chi connectivity index (χ4v) is 2.33. The highest BCUT2D eigenvalue weighted by Crippen LogP contribution is 2.19. The molecular formula is C14H23N3O3. The second-order valence-electron chi connectivity index (χ2n) is 5.21. The van der Waals surface area contributed by atoms with Gasteiger partial charge < -0.3 is 15.2 Å². The average Bonchev–Trinajstić information content (AvgIpc) is 2.89. The van der Waals surface area contributed by atoms with E-state index in [4.69, 9.17) is 4.74 Å². The highest BCUT2D eigenvalue weighted by atomic mass is 16.5. The molecule has 2 N–H and O–H groups in total. The van der Waals surface area contributed by atoms with Crippen LogP contribution in [-0.4, -0.2) is 46.2 Å². The molecule has 1 fully saturated rings. The zero-order valence-corrected chi connectivity index (χ0v) is 12.2. The van der Waals surface area contributed by atoms with Gasteiger partial charge in [0.15, 0.2) is 0 Å². The van der Waals surface area contributed by atoms with Crippen molar-refractivity contribution in [3.8, 4) is 0 Å². The second-order valence-corrected chi connectivity index (χ2v) is 5.21. The van der Waals surface area contributed by atoms with E-state index in [9.17, 15) is 9.90 Å². The van der Waals surface area contributed by atoms with E-state index in [0.29, 0.717) is 38.3 Å². The van der Waals surface area contributed by atoms with Crippen LogP contribution in [0, 0.1) is 0 Å². The Kier molecular flexibility index (Phi) is 4.77. The molecule has 6 nitrogen and oxygen atoms in total. The third kappa shape index (κ3) is 3.37. The van der Waals surface area contributed by atoms with Crippen LogP contribution in [0.2, 0.25) is 0 Å². The lowest BCUT2D eigenvalue weighted by Crippen LogP contribution is -2.46. The second kappa shape index (κ2) is 6.37. The van der Waals surface area contributed by atoms with Crippen LogP contribution in [0.5, 0.6) is 0 Å². The van der Waals surface area contributed by atoms with Gasteiger partial charge in [-0.15, -0.1) is 0 Å². The summed E-state index contributed by atoms with van der Waals surface area (Å²) in [5.41, 5.74) is 0.611. The number of amides is 1. The van der Waals surface area contributed by atoms with Crippen LogP contribution in [0.25, 0.3) is 0 Å². The van der Waals surface area contributed by atoms with Crippen LogP contribution in [-0.2, 0) is 17.7 Å². The van der Waals surface area contributed by atoms with Gasteiger partial charge >= 0.3 is 0 Å². The van der Waals surface area contributed by atoms with Gasteiger partial charge in [-0.3, -0.25) is 9.48 Å². The van der Waals surface area contributed by atoms with Gasteiger partial charge in [0.2, 0.25) is 0 Å². The third-order valence-electron chi connectivity index (χ3n) is 3.73. The van der Waals surface area contributed by atoms with Crippen LogP contribution < -0.4 is 5.32 Å². The topological polar surface area (TPSA) is 76.4 Å². The molecule has 0 saturated carbocycles. The van der Waals surface area contributed by atoms with Crippen molar-refractivity contribution < 1.29 is 14.6 Å². The van der Waals surface area contributed by atoms with Gasteiger partial charge in [-0.05, 0) is 19.4 Å². The predicted octanol–water partition coefficient (Wildman–Crippen LogP) is 0.737. The summed E-state index contributed by atoms with van der Waals surface area (Å²) >= 11 is 0. The zero-order valence-electron chi connectivity index (χ0n) is 12.2. The maximum Gasteiger partial charge on any atom is 0.269 e. The van der Waals surface area contributed by atoms with Gasteiger partial charge in [0, 0.05) is 39.1 Å². The fraction of sp³-hybridized carbons (Fsp3) is 0.714. The molecule has 0 radical (unpaired) electrons. The van der Waals surface area contributed by atoms with Gasteiger partial charge in [-0.2, -0.15) is 5.10 Å². The van der Waals surface area contributed by atoms with Crippen molar-refractivity contribution >= 4 is 5.91 Å². The smallest absolute Gasteiger partial charge is 0.269 e. The molecule has 112 valence electrons. The number of hydrogen-bond donors (Lipinski definition) is 2. The summed E-state index contributed by atoms with van der Waals surface area (Å²) < 4.78 is 6.92. The summed E-state index contributed by atoms with van der Waals surface area (Å²) in [5.74, 6) is -0.182. The van der Waals surface area contributed by atoms with E-state index >= 15 is 0 Å². The number of nitrogens with one attached hydrogen (secondary N) is 1. The zero-order chi connectivity index (χ0) is 14.6. The van der Waals surface area contributed by atoms with E-state index in [1.54, 1.807) is 4.68 Å². The molecule has 2 rings (SSSR count). The van der Waals surface area contributed by atoms with Crippen LogP contribution in [0.4, 0.5) is 0 Å². The molecule has 0 bridgehead atoms. The number of carbonyl (C=O) groups is 1. The Morgan fingerprint density at radius 2 is 2.20 bits per heavy atom. The summed E-state index contributed by atoms with van der Waals surface area (Å²) in [6.45, 7) is 5.95. The molecule has 2 heterocycles. The van der Waals surface area contributed by atoms with Crippen molar-refractivity contribution in [2.24, 2.45) is 0 Å². The summed E-state index contributed by atoms with van der Waals surface area (Å²) in [7, 11) is 0. The number of nitrogens with zero attached hydrogens (tertiary/aromatic N) is 2. The van der Waals surface area contributed by atoms with Gasteiger partial charge in [0.05, 0.1) is 11.3 Å². The van der Waals surface area contributed by atoms with E-state index < -0.39 is 5.60 Å². The highest BCUT2D eigenvalue weighted by molar-refractivity contribution is 5.92. The van der Waals surface area contributed by atoms with Crippen molar-refractivity contribution in [2.75, 3.05) is 19.8 Å². The van der Waals surface area contributed by atoms with Gasteiger partial charge in [0.25, 0.3) is 5.91 Å². The normalized spacial score (nSPS) is 17.9. The molecule has 0 aliphatic carbocycles. The molecular weight excluding hydrogens is 258 g/mol. The molecule has 1 saturated heterocycles. The molecule has 0 unspecified atom stereocenters. The first-order chi connectivity index (χ1) is 9.58. The van der Waals surface area contributed by atoms with Gasteiger partial charge in [-0.1, -0.05) is 6.92 Å². The summed E-state index contributed by atoms with van der Waals surface area (Å²) in [6.07, 6.45) is 1.91. The summed E-state index contributed by atoms with van der Waals surface area (Å²) in [4.78, 5) is 12.2. The van der Waals surface area contributed by atoms with Crippen LogP contribution >= 0.6 is 0 Å². The molecule has 1 aliphatic heterocycles. The first-order valence-electron chi connectivity index (χ1n) is 7.23. The van der Waals surface area contributed by atoms with Gasteiger partial charge in [-0.25, -0.2) is 0 Å². The maximum atomic E-state index is 12.2. The Hall–Kier alpha value is -1.40. The average molecular weight is 281 g/mol. The van der Waals surface area contributed by atoms with Crippen LogP contribution in [0.1, 0.15) is 42.9 Å². The van der Waals surface area contributed by atoms with E-state index in [1.165, 1.54) is 0 Å². The van der Waals surface area contributed by atoms with E-state index in [2.05, 4.69) is 10.4 Å². The largest absolute Gasteiger partial charge is 0.388 e. The van der Waals surface area contributed by atoms with Crippen molar-refractivity contribution in [3.63, 3.8) is 0 Å². The number of rotatable bonds is 5. The molecule has 1 aromatic rings. The number of aryl methyl sites for hydroxylation is 2. The predicted molar refractivity (Wildman–Crippen MR) is 74.6 cm³/mol. The molecule has 6 heteroatoms. The SMILES string of the molecule is CCc1cc(C(=O)NCC2(O)CCOCC2)n(CC)n1. The van der Waals surface area contributed by atoms with E-state index in [1.807, 2.05) is 19.9 Å². The van der Waals surface area contributed by atoms with Crippen molar-refractivity contribution in [1.29, 1.82) is 0 Å². The Morgan fingerprint density at radius 1 is 1.50 bits per heavy atom. The summed E-state index contributed by atoms with van der Waals surface area (Å²) in [6, 6.07) is 1.81. The third-order valence-corrected chi connectivity index (χ3v) is 3.73. The molecule has 1 amide bonds. The summed E-state index contributed by atoms with van der Waals surface area (Å²) in [5, 5.41) is 17.5. The molecule has 1 aromatic heterocycles. The minimum Gasteiger partial charge on any atom is -0.388 e. The van der Waals surface area contributed by atoms with Crippen LogP contribution in [0.3, 0.4) is 0 Å². The van der Waals surface area contributed by atoms with Gasteiger partial charge in [0.1, 0.15) is 5.69 Å². The fourth-order valence-electron chi connectivity index (χ4n) is 2.33. The molecule has 0 spiro atoms. The number of hydrogen-bond acceptors (Lipinski definition) is 4. The number of carbonyl (C=O) groups excluding carboxylic acids is 1. The molecule has 0 aromatic carbocycles.